The normalized spacial score (nSPS) is 10.8. The molecule has 0 N–H and O–H groups in total. The van der Waals surface area contributed by atoms with Gasteiger partial charge < -0.3 is 0 Å². The van der Waals surface area contributed by atoms with Gasteiger partial charge in [0, 0.05) is 18.0 Å². The molecule has 3 rings (SSSR count). The fourth-order valence-electron chi connectivity index (χ4n) is 3.14. The average Bonchev–Trinajstić information content (AvgIpc) is 2.60. The number of rotatable bonds is 2. The van der Waals surface area contributed by atoms with Crippen molar-refractivity contribution in [1.82, 2.24) is 9.97 Å². The zero-order chi connectivity index (χ0) is 16.6. The van der Waals surface area contributed by atoms with Crippen molar-refractivity contribution < 1.29 is 0 Å². The van der Waals surface area contributed by atoms with Crippen LogP contribution < -0.4 is 0 Å². The maximum absolute atomic E-state index is 4.63. The molecule has 0 bridgehead atoms. The number of hydrogen-bond donors (Lipinski definition) is 0. The maximum Gasteiger partial charge on any atom is 0.0886 e. The minimum Gasteiger partial charge on any atom is -0.255 e. The van der Waals surface area contributed by atoms with Crippen LogP contribution >= 0.6 is 0 Å². The molecule has 2 aromatic heterocycles. The van der Waals surface area contributed by atoms with Crippen LogP contribution in [-0.4, -0.2) is 9.97 Å². The van der Waals surface area contributed by atoms with Crippen LogP contribution in [0.3, 0.4) is 0 Å². The molecule has 0 aliphatic carbocycles. The van der Waals surface area contributed by atoms with Crippen LogP contribution in [0.1, 0.15) is 27.8 Å². The van der Waals surface area contributed by atoms with Crippen molar-refractivity contribution in [3.63, 3.8) is 0 Å². The molecule has 0 saturated carbocycles. The third-order valence-corrected chi connectivity index (χ3v) is 4.98. The summed E-state index contributed by atoms with van der Waals surface area (Å²) in [5.41, 5.74) is 11.1. The molecular formula is C21H22N2. The molecule has 0 spiro atoms. The first-order valence-electron chi connectivity index (χ1n) is 7.95. The van der Waals surface area contributed by atoms with Crippen molar-refractivity contribution in [2.45, 2.75) is 34.6 Å². The van der Waals surface area contributed by atoms with Crippen LogP contribution in [0.4, 0.5) is 0 Å². The molecule has 0 amide bonds. The first-order chi connectivity index (χ1) is 11.0. The Labute approximate surface area is 138 Å². The van der Waals surface area contributed by atoms with Gasteiger partial charge in [-0.1, -0.05) is 12.1 Å². The highest BCUT2D eigenvalue weighted by molar-refractivity contribution is 5.75. The van der Waals surface area contributed by atoms with Crippen LogP contribution in [0.5, 0.6) is 0 Å². The second kappa shape index (κ2) is 5.96. The average molecular weight is 302 g/mol. The summed E-state index contributed by atoms with van der Waals surface area (Å²) in [6.07, 6.45) is 3.76. The van der Waals surface area contributed by atoms with E-state index in [1.807, 2.05) is 24.4 Å². The summed E-state index contributed by atoms with van der Waals surface area (Å²) < 4.78 is 0. The Morgan fingerprint density at radius 1 is 0.609 bits per heavy atom. The zero-order valence-corrected chi connectivity index (χ0v) is 14.4. The number of aromatic nitrogens is 2. The van der Waals surface area contributed by atoms with E-state index in [4.69, 9.17) is 0 Å². The minimum absolute atomic E-state index is 0.906. The van der Waals surface area contributed by atoms with Gasteiger partial charge in [0.15, 0.2) is 0 Å². The van der Waals surface area contributed by atoms with Crippen molar-refractivity contribution >= 4 is 0 Å². The van der Waals surface area contributed by atoms with Gasteiger partial charge in [0.25, 0.3) is 0 Å². The summed E-state index contributed by atoms with van der Waals surface area (Å²) in [4.78, 5) is 8.99. The Hall–Kier alpha value is -2.48. The van der Waals surface area contributed by atoms with E-state index in [1.165, 1.54) is 38.9 Å². The van der Waals surface area contributed by atoms with Gasteiger partial charge in [0.2, 0.25) is 0 Å². The Balaban J connectivity index is 2.11. The summed E-state index contributed by atoms with van der Waals surface area (Å²) in [6, 6.07) is 10.1. The largest absolute Gasteiger partial charge is 0.255 e. The lowest BCUT2D eigenvalue weighted by molar-refractivity contribution is 1.17. The summed E-state index contributed by atoms with van der Waals surface area (Å²) in [7, 11) is 0. The van der Waals surface area contributed by atoms with Crippen LogP contribution in [0.25, 0.3) is 22.5 Å². The van der Waals surface area contributed by atoms with E-state index in [2.05, 4.69) is 56.7 Å². The molecule has 2 heterocycles. The van der Waals surface area contributed by atoms with E-state index in [0.717, 1.165) is 11.4 Å². The van der Waals surface area contributed by atoms with E-state index < -0.39 is 0 Å². The van der Waals surface area contributed by atoms with E-state index >= 15 is 0 Å². The van der Waals surface area contributed by atoms with Gasteiger partial charge in [0.05, 0.1) is 11.4 Å². The van der Waals surface area contributed by atoms with Gasteiger partial charge in [-0.3, -0.25) is 9.97 Å². The molecule has 0 radical (unpaired) electrons. The minimum atomic E-state index is 0.906. The Bertz CT molecular complexity index is 818. The van der Waals surface area contributed by atoms with Gasteiger partial charge >= 0.3 is 0 Å². The molecule has 3 aromatic rings. The molecule has 0 aliphatic rings. The molecular weight excluding hydrogens is 280 g/mol. The number of hydrogen-bond acceptors (Lipinski definition) is 2. The maximum atomic E-state index is 4.63. The smallest absolute Gasteiger partial charge is 0.0886 e. The van der Waals surface area contributed by atoms with E-state index in [0.29, 0.717) is 0 Å². The zero-order valence-electron chi connectivity index (χ0n) is 14.4. The van der Waals surface area contributed by atoms with Crippen molar-refractivity contribution in [1.29, 1.82) is 0 Å². The Morgan fingerprint density at radius 3 is 1.74 bits per heavy atom. The third kappa shape index (κ3) is 2.65. The van der Waals surface area contributed by atoms with Gasteiger partial charge in [-0.25, -0.2) is 0 Å². The van der Waals surface area contributed by atoms with Gasteiger partial charge in [-0.2, -0.15) is 0 Å². The fraction of sp³-hybridized carbons (Fsp3) is 0.238. The van der Waals surface area contributed by atoms with Crippen LogP contribution in [-0.2, 0) is 0 Å². The predicted molar refractivity (Wildman–Crippen MR) is 96.6 cm³/mol. The van der Waals surface area contributed by atoms with Crippen molar-refractivity contribution in [2.24, 2.45) is 0 Å². The Kier molecular flexibility index (Phi) is 3.99. The first-order valence-corrected chi connectivity index (χ1v) is 7.95. The van der Waals surface area contributed by atoms with Gasteiger partial charge in [-0.15, -0.1) is 0 Å². The van der Waals surface area contributed by atoms with E-state index in [-0.39, 0.29) is 0 Å². The van der Waals surface area contributed by atoms with Crippen LogP contribution in [0, 0.1) is 34.6 Å². The fourth-order valence-corrected chi connectivity index (χ4v) is 3.14. The lowest BCUT2D eigenvalue weighted by atomic mass is 9.87. The highest BCUT2D eigenvalue weighted by Crippen LogP contribution is 2.34. The molecule has 0 fully saturated rings. The molecule has 116 valence electrons. The third-order valence-electron chi connectivity index (χ3n) is 4.98. The summed E-state index contributed by atoms with van der Waals surface area (Å²) in [5.74, 6) is 0. The van der Waals surface area contributed by atoms with Crippen molar-refractivity contribution in [2.75, 3.05) is 0 Å². The molecule has 0 atom stereocenters. The second-order valence-corrected chi connectivity index (χ2v) is 6.15. The number of benzene rings is 1. The standard InChI is InChI=1S/C21H22N2/c1-13-14(2)16(4)21(17(5)15(13)3)18-9-10-20(23-12-18)19-8-6-7-11-22-19/h6-12H,1-5H3. The first kappa shape index (κ1) is 15.4. The molecule has 0 saturated heterocycles. The summed E-state index contributed by atoms with van der Waals surface area (Å²) in [6.45, 7) is 11.0. The molecule has 0 unspecified atom stereocenters. The highest BCUT2D eigenvalue weighted by atomic mass is 14.8. The lowest BCUT2D eigenvalue weighted by Crippen LogP contribution is -2.00. The van der Waals surface area contributed by atoms with Crippen molar-refractivity contribution in [3.8, 4) is 22.5 Å². The second-order valence-electron chi connectivity index (χ2n) is 6.15. The number of pyridine rings is 2. The topological polar surface area (TPSA) is 25.8 Å². The van der Waals surface area contributed by atoms with Crippen LogP contribution in [0.2, 0.25) is 0 Å². The Morgan fingerprint density at radius 2 is 1.22 bits per heavy atom. The van der Waals surface area contributed by atoms with Gasteiger partial charge in [0.1, 0.15) is 0 Å². The van der Waals surface area contributed by atoms with Gasteiger partial charge in [-0.05, 0) is 86.2 Å². The monoisotopic (exact) mass is 302 g/mol. The molecule has 1 aromatic carbocycles. The lowest BCUT2D eigenvalue weighted by Gasteiger charge is -2.18. The number of nitrogens with zero attached hydrogens (tertiary/aromatic N) is 2. The summed E-state index contributed by atoms with van der Waals surface area (Å²) in [5, 5.41) is 0. The summed E-state index contributed by atoms with van der Waals surface area (Å²) >= 11 is 0. The quantitative estimate of drug-likeness (QED) is 0.637. The van der Waals surface area contributed by atoms with Crippen molar-refractivity contribution in [3.05, 3.63) is 70.5 Å². The molecule has 2 heteroatoms. The predicted octanol–water partition coefficient (Wildman–Crippen LogP) is 5.35. The molecule has 0 aliphatic heterocycles. The van der Waals surface area contributed by atoms with Crippen LogP contribution in [0.15, 0.2) is 42.7 Å². The van der Waals surface area contributed by atoms with E-state index in [9.17, 15) is 0 Å². The highest BCUT2D eigenvalue weighted by Gasteiger charge is 2.14. The molecule has 2 nitrogen and oxygen atoms in total. The van der Waals surface area contributed by atoms with E-state index in [1.54, 1.807) is 6.20 Å². The molecule has 23 heavy (non-hydrogen) atoms. The SMILES string of the molecule is Cc1c(C)c(C)c(-c2ccc(-c3ccccn3)nc2)c(C)c1C.